The van der Waals surface area contributed by atoms with Crippen LogP contribution in [0.2, 0.25) is 5.02 Å². The quantitative estimate of drug-likeness (QED) is 0.285. The molecule has 1 heterocycles. The number of aryl methyl sites for hydroxylation is 1. The topological polar surface area (TPSA) is 77.4 Å². The summed E-state index contributed by atoms with van der Waals surface area (Å²) in [6, 6.07) is 23.3. The van der Waals surface area contributed by atoms with Gasteiger partial charge in [0.15, 0.2) is 0 Å². The van der Waals surface area contributed by atoms with Gasteiger partial charge in [-0.1, -0.05) is 48.0 Å². The molecule has 8 heteroatoms. The zero-order chi connectivity index (χ0) is 24.8. The molecule has 0 atom stereocenters. The summed E-state index contributed by atoms with van der Waals surface area (Å²) in [6.07, 6.45) is 1.75. The van der Waals surface area contributed by atoms with Crippen LogP contribution in [0.4, 0.5) is 0 Å². The number of hydrogen-bond donors (Lipinski definition) is 1. The van der Waals surface area contributed by atoms with E-state index in [0.29, 0.717) is 11.6 Å². The molecule has 1 N–H and O–H groups in total. The molecule has 6 nitrogen and oxygen atoms in total. The average Bonchev–Trinajstić information content (AvgIpc) is 3.10. The third kappa shape index (κ3) is 6.05. The highest BCUT2D eigenvalue weighted by Crippen LogP contribution is 2.27. The van der Waals surface area contributed by atoms with Gasteiger partial charge in [0.2, 0.25) is 5.91 Å². The first-order valence-corrected chi connectivity index (χ1v) is 13.3. The molecule has 4 aromatic rings. The summed E-state index contributed by atoms with van der Waals surface area (Å²) < 4.78 is 35.4. The Bertz CT molecular complexity index is 1420. The van der Waals surface area contributed by atoms with Gasteiger partial charge in [-0.2, -0.15) is 0 Å². The minimum absolute atomic E-state index is 0.00729. The molecule has 0 saturated heterocycles. The average molecular weight is 511 g/mol. The summed E-state index contributed by atoms with van der Waals surface area (Å²) >= 11 is 5.84. The molecule has 0 aliphatic carbocycles. The summed E-state index contributed by atoms with van der Waals surface area (Å²) in [5, 5.41) is 1.37. The molecule has 182 valence electrons. The van der Waals surface area contributed by atoms with E-state index in [1.807, 2.05) is 61.5 Å². The van der Waals surface area contributed by atoms with Crippen LogP contribution in [0.1, 0.15) is 24.1 Å². The highest BCUT2D eigenvalue weighted by molar-refractivity contribution is 7.90. The monoisotopic (exact) mass is 510 g/mol. The SMILES string of the molecule is Cc1c(CC(=O)NS(=O)(=O)c2ccc(Cl)cc2)c2ccccc2n1CCCCOc1ccccc1. The van der Waals surface area contributed by atoms with Crippen molar-refractivity contribution >= 4 is 38.4 Å². The maximum absolute atomic E-state index is 12.8. The zero-order valence-corrected chi connectivity index (χ0v) is 21.0. The molecule has 0 bridgehead atoms. The number of ether oxygens (including phenoxy) is 1. The van der Waals surface area contributed by atoms with E-state index in [1.54, 1.807) is 0 Å². The van der Waals surface area contributed by atoms with E-state index in [4.69, 9.17) is 16.3 Å². The summed E-state index contributed by atoms with van der Waals surface area (Å²) in [5.74, 6) is 0.277. The number of aromatic nitrogens is 1. The van der Waals surface area contributed by atoms with Gasteiger partial charge in [-0.05, 0) is 67.8 Å². The number of para-hydroxylation sites is 2. The summed E-state index contributed by atoms with van der Waals surface area (Å²) in [6.45, 7) is 3.37. The van der Waals surface area contributed by atoms with Crippen LogP contribution in [-0.2, 0) is 27.8 Å². The smallest absolute Gasteiger partial charge is 0.264 e. The van der Waals surface area contributed by atoms with E-state index in [-0.39, 0.29) is 11.3 Å². The molecule has 0 unspecified atom stereocenters. The molecule has 1 amide bonds. The van der Waals surface area contributed by atoms with Gasteiger partial charge in [0.05, 0.1) is 17.9 Å². The standard InChI is InChI=1S/C27H27ClN2O4S/c1-20-25(19-27(31)29-35(32,33)23-15-13-21(28)14-16-23)24-11-5-6-12-26(24)30(20)17-7-8-18-34-22-9-3-2-4-10-22/h2-6,9-16H,7-8,17-19H2,1H3,(H,29,31). The molecule has 3 aromatic carbocycles. The Morgan fingerprint density at radius 1 is 0.943 bits per heavy atom. The third-order valence-corrected chi connectivity index (χ3v) is 7.50. The van der Waals surface area contributed by atoms with Gasteiger partial charge in [-0.25, -0.2) is 13.1 Å². The Morgan fingerprint density at radius 3 is 2.37 bits per heavy atom. The molecular weight excluding hydrogens is 484 g/mol. The Kier molecular flexibility index (Phi) is 7.78. The van der Waals surface area contributed by atoms with Crippen LogP contribution < -0.4 is 9.46 Å². The minimum Gasteiger partial charge on any atom is -0.494 e. The molecule has 0 radical (unpaired) electrons. The fourth-order valence-electron chi connectivity index (χ4n) is 4.11. The van der Waals surface area contributed by atoms with Gasteiger partial charge in [-0.3, -0.25) is 4.79 Å². The first-order valence-electron chi connectivity index (χ1n) is 11.4. The zero-order valence-electron chi connectivity index (χ0n) is 19.4. The van der Waals surface area contributed by atoms with Gasteiger partial charge >= 0.3 is 0 Å². The maximum Gasteiger partial charge on any atom is 0.264 e. The number of carbonyl (C=O) groups excluding carboxylic acids is 1. The second-order valence-corrected chi connectivity index (χ2v) is 10.4. The summed E-state index contributed by atoms with van der Waals surface area (Å²) in [5.41, 5.74) is 2.80. The van der Waals surface area contributed by atoms with Crippen molar-refractivity contribution in [2.75, 3.05) is 6.61 Å². The number of carbonyl (C=O) groups is 1. The van der Waals surface area contributed by atoms with Crippen molar-refractivity contribution < 1.29 is 17.9 Å². The predicted octanol–water partition coefficient (Wildman–Crippen LogP) is 5.51. The third-order valence-electron chi connectivity index (χ3n) is 5.86. The highest BCUT2D eigenvalue weighted by Gasteiger charge is 2.21. The summed E-state index contributed by atoms with van der Waals surface area (Å²) in [7, 11) is -3.98. The van der Waals surface area contributed by atoms with Crippen molar-refractivity contribution in [2.45, 2.75) is 37.6 Å². The predicted molar refractivity (Wildman–Crippen MR) is 138 cm³/mol. The number of nitrogens with one attached hydrogen (secondary N) is 1. The minimum atomic E-state index is -3.98. The Balaban J connectivity index is 1.44. The number of hydrogen-bond acceptors (Lipinski definition) is 4. The lowest BCUT2D eigenvalue weighted by Crippen LogP contribution is -2.31. The Labute approximate surface area is 210 Å². The number of fused-ring (bicyclic) bond motifs is 1. The van der Waals surface area contributed by atoms with Crippen molar-refractivity contribution in [3.05, 3.63) is 95.1 Å². The van der Waals surface area contributed by atoms with E-state index in [2.05, 4.69) is 9.29 Å². The fourth-order valence-corrected chi connectivity index (χ4v) is 5.22. The normalized spacial score (nSPS) is 11.5. The first-order chi connectivity index (χ1) is 16.8. The van der Waals surface area contributed by atoms with Gasteiger partial charge in [0.1, 0.15) is 5.75 Å². The van der Waals surface area contributed by atoms with Crippen molar-refractivity contribution in [3.63, 3.8) is 0 Å². The molecule has 4 rings (SSSR count). The lowest BCUT2D eigenvalue weighted by atomic mass is 10.1. The molecule has 0 aliphatic rings. The number of rotatable bonds is 10. The first kappa shape index (κ1) is 24.8. The van der Waals surface area contributed by atoms with Crippen LogP contribution in [0.3, 0.4) is 0 Å². The Morgan fingerprint density at radius 2 is 1.63 bits per heavy atom. The van der Waals surface area contributed by atoms with Crippen LogP contribution in [0, 0.1) is 6.92 Å². The van der Waals surface area contributed by atoms with Gasteiger partial charge < -0.3 is 9.30 Å². The van der Waals surface area contributed by atoms with Crippen molar-refractivity contribution in [1.29, 1.82) is 0 Å². The number of unbranched alkanes of at least 4 members (excludes halogenated alkanes) is 1. The van der Waals surface area contributed by atoms with Crippen LogP contribution in [0.5, 0.6) is 5.75 Å². The number of sulfonamides is 1. The lowest BCUT2D eigenvalue weighted by Gasteiger charge is -2.10. The fraction of sp³-hybridized carbons (Fsp3) is 0.222. The number of nitrogens with zero attached hydrogens (tertiary/aromatic N) is 1. The molecule has 1 aromatic heterocycles. The van der Waals surface area contributed by atoms with Crippen molar-refractivity contribution in [1.82, 2.24) is 9.29 Å². The van der Waals surface area contributed by atoms with Crippen molar-refractivity contribution in [3.8, 4) is 5.75 Å². The van der Waals surface area contributed by atoms with Gasteiger partial charge in [-0.15, -0.1) is 0 Å². The molecule has 0 aliphatic heterocycles. The van der Waals surface area contributed by atoms with Crippen LogP contribution >= 0.6 is 11.6 Å². The van der Waals surface area contributed by atoms with E-state index in [1.165, 1.54) is 24.3 Å². The lowest BCUT2D eigenvalue weighted by molar-refractivity contribution is -0.118. The molecule has 0 fully saturated rings. The molecular formula is C27H27ClN2O4S. The molecule has 0 spiro atoms. The van der Waals surface area contributed by atoms with Crippen LogP contribution in [-0.4, -0.2) is 25.5 Å². The van der Waals surface area contributed by atoms with E-state index >= 15 is 0 Å². The van der Waals surface area contributed by atoms with Gasteiger partial charge in [0.25, 0.3) is 10.0 Å². The van der Waals surface area contributed by atoms with E-state index < -0.39 is 15.9 Å². The molecule has 35 heavy (non-hydrogen) atoms. The maximum atomic E-state index is 12.8. The van der Waals surface area contributed by atoms with Crippen LogP contribution in [0.25, 0.3) is 10.9 Å². The Hall–Kier alpha value is -3.29. The van der Waals surface area contributed by atoms with E-state index in [0.717, 1.165) is 47.3 Å². The van der Waals surface area contributed by atoms with Crippen molar-refractivity contribution in [2.24, 2.45) is 0 Å². The molecule has 0 saturated carbocycles. The number of benzene rings is 3. The van der Waals surface area contributed by atoms with Crippen LogP contribution in [0.15, 0.2) is 83.8 Å². The highest BCUT2D eigenvalue weighted by atomic mass is 35.5. The van der Waals surface area contributed by atoms with Gasteiger partial charge in [0, 0.05) is 28.2 Å². The summed E-state index contributed by atoms with van der Waals surface area (Å²) in [4.78, 5) is 12.8. The second kappa shape index (κ2) is 11.0. The largest absolute Gasteiger partial charge is 0.494 e. The number of halogens is 1. The van der Waals surface area contributed by atoms with E-state index in [9.17, 15) is 13.2 Å². The number of amides is 1. The second-order valence-electron chi connectivity index (χ2n) is 8.26.